The van der Waals surface area contributed by atoms with E-state index in [1.807, 2.05) is 25.3 Å². The minimum Gasteiger partial charge on any atom is -0.464 e. The van der Waals surface area contributed by atoms with Crippen molar-refractivity contribution in [3.63, 3.8) is 0 Å². The molecule has 1 aliphatic rings. The Kier molecular flexibility index (Phi) is 12.1. The number of primary amides is 1. The highest BCUT2D eigenvalue weighted by Crippen LogP contribution is 2.32. The van der Waals surface area contributed by atoms with E-state index in [0.717, 1.165) is 17.3 Å². The highest BCUT2D eigenvalue weighted by atomic mass is 35.5. The maximum absolute atomic E-state index is 13.0. The van der Waals surface area contributed by atoms with Crippen LogP contribution in [0.15, 0.2) is 36.7 Å². The van der Waals surface area contributed by atoms with Crippen LogP contribution in [0, 0.1) is 0 Å². The number of esters is 1. The molecule has 1 aliphatic heterocycles. The molecule has 2 aromatic rings. The van der Waals surface area contributed by atoms with Crippen molar-refractivity contribution in [1.82, 2.24) is 14.9 Å². The molecule has 38 heavy (non-hydrogen) atoms. The van der Waals surface area contributed by atoms with Crippen LogP contribution in [0.25, 0.3) is 0 Å². The number of nitrogens with zero attached hydrogens (tertiary/aromatic N) is 5. The van der Waals surface area contributed by atoms with E-state index in [4.69, 9.17) is 15.5 Å². The molecule has 3 heterocycles. The van der Waals surface area contributed by atoms with Gasteiger partial charge in [0.2, 0.25) is 5.91 Å². The summed E-state index contributed by atoms with van der Waals surface area (Å²) in [5, 5.41) is 0. The van der Waals surface area contributed by atoms with Crippen molar-refractivity contribution in [1.29, 1.82) is 0 Å². The quantitative estimate of drug-likeness (QED) is 0.410. The zero-order chi connectivity index (χ0) is 26.9. The van der Waals surface area contributed by atoms with Gasteiger partial charge in [-0.05, 0) is 63.5 Å². The maximum atomic E-state index is 13.0. The molecule has 0 unspecified atom stereocenters. The number of hydrogen-bond donors (Lipinski definition) is 1. The second-order valence-electron chi connectivity index (χ2n) is 8.97. The van der Waals surface area contributed by atoms with Crippen molar-refractivity contribution in [2.45, 2.75) is 39.3 Å². The fourth-order valence-electron chi connectivity index (χ4n) is 4.43. The Morgan fingerprint density at radius 3 is 2.39 bits per heavy atom. The van der Waals surface area contributed by atoms with Crippen LogP contribution in [-0.4, -0.2) is 89.5 Å². The van der Waals surface area contributed by atoms with E-state index in [9.17, 15) is 14.4 Å². The predicted molar refractivity (Wildman–Crippen MR) is 153 cm³/mol. The first kappa shape index (κ1) is 31.2. The average Bonchev–Trinajstić information content (AvgIpc) is 2.90. The van der Waals surface area contributed by atoms with Gasteiger partial charge in [-0.25, -0.2) is 9.78 Å². The van der Waals surface area contributed by atoms with E-state index < -0.39 is 11.9 Å². The van der Waals surface area contributed by atoms with Gasteiger partial charge in [-0.2, -0.15) is 11.8 Å². The number of aromatic nitrogens is 2. The van der Waals surface area contributed by atoms with Gasteiger partial charge in [-0.1, -0.05) is 0 Å². The van der Waals surface area contributed by atoms with E-state index >= 15 is 0 Å². The lowest BCUT2D eigenvalue weighted by atomic mass is 10.1. The second-order valence-corrected chi connectivity index (χ2v) is 9.96. The summed E-state index contributed by atoms with van der Waals surface area (Å²) < 4.78 is 5.44. The van der Waals surface area contributed by atoms with Crippen LogP contribution >= 0.6 is 24.2 Å². The highest BCUT2D eigenvalue weighted by molar-refractivity contribution is 7.98. The maximum Gasteiger partial charge on any atom is 0.328 e. The highest BCUT2D eigenvalue weighted by Gasteiger charge is 2.33. The Morgan fingerprint density at radius 1 is 1.13 bits per heavy atom. The summed E-state index contributed by atoms with van der Waals surface area (Å²) >= 11 is 1.70. The third kappa shape index (κ3) is 7.50. The Hall–Kier alpha value is -3.05. The van der Waals surface area contributed by atoms with Crippen LogP contribution in [0.5, 0.6) is 0 Å². The van der Waals surface area contributed by atoms with Gasteiger partial charge in [0.05, 0.1) is 17.9 Å². The summed E-state index contributed by atoms with van der Waals surface area (Å²) in [5.41, 5.74) is 6.67. The lowest BCUT2D eigenvalue weighted by molar-refractivity contribution is -0.144. The molecule has 1 fully saturated rings. The molecule has 0 spiro atoms. The van der Waals surface area contributed by atoms with Gasteiger partial charge in [0.25, 0.3) is 5.91 Å². The third-order valence-corrected chi connectivity index (χ3v) is 6.87. The molecule has 0 saturated carbocycles. The lowest BCUT2D eigenvalue weighted by Crippen LogP contribution is -2.51. The standard InChI is InChI=1S/C26H36N6O4S.ClH/c1-5-36-26(35)22(10-16-37-4)32(18(2)3)21-7-6-11-28-24(21)30-12-14-31(15-13-30)25(34)20-9-8-19(17-29-20)23(27)33;/h6-9,11,17-18,22H,5,10,12-16H2,1-4H3,(H2,27,33);1H/t22-;/m0./s1. The predicted octanol–water partition coefficient (Wildman–Crippen LogP) is 2.86. The van der Waals surface area contributed by atoms with Gasteiger partial charge >= 0.3 is 5.97 Å². The third-order valence-electron chi connectivity index (χ3n) is 6.22. The molecule has 2 N–H and O–H groups in total. The fourth-order valence-corrected chi connectivity index (χ4v) is 4.89. The summed E-state index contributed by atoms with van der Waals surface area (Å²) in [6.07, 6.45) is 5.76. The summed E-state index contributed by atoms with van der Waals surface area (Å²) in [6, 6.07) is 6.53. The first-order valence-electron chi connectivity index (χ1n) is 12.5. The zero-order valence-electron chi connectivity index (χ0n) is 22.3. The number of carbonyl (C=O) groups is 3. The van der Waals surface area contributed by atoms with E-state index in [1.165, 1.54) is 18.3 Å². The largest absolute Gasteiger partial charge is 0.464 e. The van der Waals surface area contributed by atoms with E-state index in [2.05, 4.69) is 28.6 Å². The number of halogens is 1. The van der Waals surface area contributed by atoms with Crippen molar-refractivity contribution < 1.29 is 19.1 Å². The smallest absolute Gasteiger partial charge is 0.328 e. The number of thioether (sulfide) groups is 1. The molecule has 0 aliphatic carbocycles. The molecule has 12 heteroatoms. The minimum atomic E-state index is -0.583. The molecule has 0 radical (unpaired) electrons. The molecule has 2 aromatic heterocycles. The summed E-state index contributed by atoms with van der Waals surface area (Å²) in [4.78, 5) is 52.0. The van der Waals surface area contributed by atoms with Crippen LogP contribution in [0.1, 0.15) is 48.0 Å². The Labute approximate surface area is 234 Å². The number of hydrogen-bond acceptors (Lipinski definition) is 9. The van der Waals surface area contributed by atoms with E-state index in [1.54, 1.807) is 22.9 Å². The fraction of sp³-hybridized carbons (Fsp3) is 0.500. The number of pyridine rings is 2. The van der Waals surface area contributed by atoms with Gasteiger partial charge in [0, 0.05) is 44.6 Å². The van der Waals surface area contributed by atoms with Crippen molar-refractivity contribution in [2.75, 3.05) is 54.6 Å². The van der Waals surface area contributed by atoms with Crippen LogP contribution in [-0.2, 0) is 9.53 Å². The van der Waals surface area contributed by atoms with Crippen molar-refractivity contribution in [3.8, 4) is 0 Å². The molecular formula is C26H37ClN6O4S. The van der Waals surface area contributed by atoms with Gasteiger partial charge < -0.3 is 25.2 Å². The number of anilines is 2. The normalized spacial score (nSPS) is 14.0. The number of rotatable bonds is 11. The molecule has 1 atom stereocenters. The Bertz CT molecular complexity index is 1080. The molecule has 1 saturated heterocycles. The van der Waals surface area contributed by atoms with E-state index in [0.29, 0.717) is 39.2 Å². The summed E-state index contributed by atoms with van der Waals surface area (Å²) in [5.74, 6) is 0.605. The second kappa shape index (κ2) is 14.8. The Balaban J connectivity index is 0.00000507. The number of piperazine rings is 1. The molecule has 10 nitrogen and oxygen atoms in total. The molecule has 3 rings (SSSR count). The Morgan fingerprint density at radius 2 is 1.84 bits per heavy atom. The summed E-state index contributed by atoms with van der Waals surface area (Å²) in [7, 11) is 0. The van der Waals surface area contributed by atoms with Crippen molar-refractivity contribution in [2.24, 2.45) is 5.73 Å². The topological polar surface area (TPSA) is 122 Å². The molecule has 208 valence electrons. The molecule has 0 bridgehead atoms. The van der Waals surface area contributed by atoms with Crippen LogP contribution in [0.4, 0.5) is 11.5 Å². The van der Waals surface area contributed by atoms with Crippen molar-refractivity contribution >= 4 is 53.5 Å². The number of nitrogens with two attached hydrogens (primary N) is 1. The van der Waals surface area contributed by atoms with Gasteiger partial charge in [0.15, 0.2) is 5.82 Å². The average molecular weight is 565 g/mol. The summed E-state index contributed by atoms with van der Waals surface area (Å²) in [6.45, 7) is 8.42. The van der Waals surface area contributed by atoms with Crippen LogP contribution < -0.4 is 15.5 Å². The first-order chi connectivity index (χ1) is 17.8. The van der Waals surface area contributed by atoms with Gasteiger partial charge in [-0.3, -0.25) is 14.6 Å². The monoisotopic (exact) mass is 564 g/mol. The zero-order valence-corrected chi connectivity index (χ0v) is 24.0. The van der Waals surface area contributed by atoms with Crippen LogP contribution in [0.2, 0.25) is 0 Å². The van der Waals surface area contributed by atoms with Crippen molar-refractivity contribution in [3.05, 3.63) is 47.9 Å². The minimum absolute atomic E-state index is 0. The number of carbonyl (C=O) groups excluding carboxylic acids is 3. The van der Waals surface area contributed by atoms with Crippen LogP contribution in [0.3, 0.4) is 0 Å². The number of amides is 2. The van der Waals surface area contributed by atoms with Gasteiger partial charge in [-0.15, -0.1) is 12.4 Å². The molecular weight excluding hydrogens is 528 g/mol. The molecule has 2 amide bonds. The lowest BCUT2D eigenvalue weighted by Gasteiger charge is -2.40. The SMILES string of the molecule is CCOC(=O)[C@H](CCSC)N(c1cccnc1N1CCN(C(=O)c2ccc(C(N)=O)cn2)CC1)C(C)C.Cl. The van der Waals surface area contributed by atoms with E-state index in [-0.39, 0.29) is 41.6 Å². The number of ether oxygens (including phenoxy) is 1. The van der Waals surface area contributed by atoms with Gasteiger partial charge in [0.1, 0.15) is 11.7 Å². The first-order valence-corrected chi connectivity index (χ1v) is 13.9. The molecule has 0 aromatic carbocycles.